The maximum absolute atomic E-state index is 12.2. The van der Waals surface area contributed by atoms with Crippen molar-refractivity contribution in [2.45, 2.75) is 19.8 Å². The molecule has 2 N–H and O–H groups in total. The van der Waals surface area contributed by atoms with Crippen LogP contribution in [0.15, 0.2) is 52.9 Å². The SMILES string of the molecule is CC1=NC(C)=C(C#N)C(c2cccc(NC(=O)c3ncc[nH]3)c2)C1C#N. The Bertz CT molecular complexity index is 988. The Morgan fingerprint density at radius 1 is 1.31 bits per heavy atom. The van der Waals surface area contributed by atoms with Gasteiger partial charge < -0.3 is 10.3 Å². The number of imidazole rings is 1. The van der Waals surface area contributed by atoms with Gasteiger partial charge in [-0.15, -0.1) is 0 Å². The molecule has 3 rings (SSSR count). The molecule has 1 aromatic heterocycles. The molecule has 0 spiro atoms. The van der Waals surface area contributed by atoms with Gasteiger partial charge in [-0.3, -0.25) is 9.79 Å². The molecule has 0 saturated carbocycles. The lowest BCUT2D eigenvalue weighted by Crippen LogP contribution is -2.25. The van der Waals surface area contributed by atoms with E-state index in [0.717, 1.165) is 5.56 Å². The van der Waals surface area contributed by atoms with Gasteiger partial charge in [0.2, 0.25) is 0 Å². The zero-order chi connectivity index (χ0) is 18.7. The van der Waals surface area contributed by atoms with E-state index in [1.807, 2.05) is 6.07 Å². The maximum atomic E-state index is 12.2. The third-order valence-electron chi connectivity index (χ3n) is 4.30. The topological polar surface area (TPSA) is 118 Å². The average molecular weight is 344 g/mol. The van der Waals surface area contributed by atoms with E-state index in [2.05, 4.69) is 32.4 Å². The molecule has 1 aliphatic heterocycles. The second-order valence-electron chi connectivity index (χ2n) is 5.97. The monoisotopic (exact) mass is 344 g/mol. The van der Waals surface area contributed by atoms with Crippen molar-refractivity contribution < 1.29 is 4.79 Å². The van der Waals surface area contributed by atoms with E-state index < -0.39 is 11.8 Å². The number of aliphatic imine (C=N–C) groups is 1. The molecule has 2 heterocycles. The summed E-state index contributed by atoms with van der Waals surface area (Å²) in [6, 6.07) is 11.6. The highest BCUT2D eigenvalue weighted by Gasteiger charge is 2.33. The molecule has 1 amide bonds. The Balaban J connectivity index is 1.96. The lowest BCUT2D eigenvalue weighted by molar-refractivity contribution is 0.101. The Hall–Kier alpha value is -3.71. The highest BCUT2D eigenvalue weighted by molar-refractivity contribution is 6.01. The van der Waals surface area contributed by atoms with Crippen LogP contribution in [0.1, 0.15) is 35.9 Å². The molecule has 2 unspecified atom stereocenters. The van der Waals surface area contributed by atoms with Gasteiger partial charge in [0.1, 0.15) is 0 Å². The molecular weight excluding hydrogens is 328 g/mol. The van der Waals surface area contributed by atoms with Crippen LogP contribution in [-0.2, 0) is 0 Å². The quantitative estimate of drug-likeness (QED) is 0.889. The minimum atomic E-state index is -0.524. The van der Waals surface area contributed by atoms with Gasteiger partial charge in [0.05, 0.1) is 29.3 Å². The zero-order valence-electron chi connectivity index (χ0n) is 14.3. The fourth-order valence-corrected chi connectivity index (χ4v) is 3.09. The Labute approximate surface area is 150 Å². The second-order valence-corrected chi connectivity index (χ2v) is 5.97. The molecule has 1 aromatic carbocycles. The van der Waals surface area contributed by atoms with Crippen LogP contribution in [0.4, 0.5) is 5.69 Å². The summed E-state index contributed by atoms with van der Waals surface area (Å²) < 4.78 is 0. The third kappa shape index (κ3) is 3.11. The largest absolute Gasteiger partial charge is 0.341 e. The first-order valence-electron chi connectivity index (χ1n) is 8.01. The molecule has 128 valence electrons. The maximum Gasteiger partial charge on any atom is 0.291 e. The molecule has 2 atom stereocenters. The van der Waals surface area contributed by atoms with Crippen LogP contribution in [0, 0.1) is 28.6 Å². The highest BCUT2D eigenvalue weighted by atomic mass is 16.2. The number of allylic oxidation sites excluding steroid dienone is 2. The number of aromatic nitrogens is 2. The number of amides is 1. The minimum absolute atomic E-state index is 0.208. The minimum Gasteiger partial charge on any atom is -0.341 e. The van der Waals surface area contributed by atoms with E-state index >= 15 is 0 Å². The van der Waals surface area contributed by atoms with Crippen molar-refractivity contribution in [3.05, 3.63) is 59.3 Å². The first-order chi connectivity index (χ1) is 12.5. The number of nitriles is 2. The van der Waals surface area contributed by atoms with Crippen molar-refractivity contribution in [2.75, 3.05) is 5.32 Å². The van der Waals surface area contributed by atoms with Crippen LogP contribution < -0.4 is 5.32 Å². The van der Waals surface area contributed by atoms with Crippen LogP contribution in [0.2, 0.25) is 0 Å². The molecule has 0 bridgehead atoms. The van der Waals surface area contributed by atoms with Crippen LogP contribution in [0.3, 0.4) is 0 Å². The molecule has 0 aliphatic carbocycles. The summed E-state index contributed by atoms with van der Waals surface area (Å²) >= 11 is 0. The van der Waals surface area contributed by atoms with Crippen molar-refractivity contribution in [3.63, 3.8) is 0 Å². The summed E-state index contributed by atoms with van der Waals surface area (Å²) in [6.07, 6.45) is 3.07. The highest BCUT2D eigenvalue weighted by Crippen LogP contribution is 2.38. The number of carbonyl (C=O) groups is 1. The first kappa shape index (κ1) is 17.1. The van der Waals surface area contributed by atoms with E-state index in [-0.39, 0.29) is 11.7 Å². The van der Waals surface area contributed by atoms with Crippen molar-refractivity contribution in [2.24, 2.45) is 10.9 Å². The summed E-state index contributed by atoms with van der Waals surface area (Å²) in [4.78, 5) is 23.2. The molecule has 2 aromatic rings. The van der Waals surface area contributed by atoms with Gasteiger partial charge in [-0.25, -0.2) is 4.98 Å². The molecule has 1 aliphatic rings. The predicted octanol–water partition coefficient (Wildman–Crippen LogP) is 3.16. The number of nitrogens with zero attached hydrogens (tertiary/aromatic N) is 4. The van der Waals surface area contributed by atoms with Gasteiger partial charge in [0, 0.05) is 29.7 Å². The number of carbonyl (C=O) groups excluding carboxylic acids is 1. The molecule has 7 nitrogen and oxygen atoms in total. The second kappa shape index (κ2) is 7.04. The van der Waals surface area contributed by atoms with Gasteiger partial charge >= 0.3 is 0 Å². The zero-order valence-corrected chi connectivity index (χ0v) is 14.3. The molecule has 0 saturated heterocycles. The van der Waals surface area contributed by atoms with E-state index in [1.54, 1.807) is 38.2 Å². The van der Waals surface area contributed by atoms with Crippen LogP contribution in [0.25, 0.3) is 0 Å². The van der Waals surface area contributed by atoms with Crippen molar-refractivity contribution in [3.8, 4) is 12.1 Å². The van der Waals surface area contributed by atoms with E-state index in [9.17, 15) is 15.3 Å². The standard InChI is InChI=1S/C19H16N6O/c1-11-15(9-20)17(16(10-21)12(2)24-11)13-4-3-5-14(8-13)25-19(26)18-22-6-7-23-18/h3-8,15,17H,1-2H3,(H,22,23)(H,25,26). The number of nitrogens with one attached hydrogen (secondary N) is 2. The van der Waals surface area contributed by atoms with E-state index in [1.165, 1.54) is 6.20 Å². The van der Waals surface area contributed by atoms with Crippen LogP contribution in [0.5, 0.6) is 0 Å². The molecule has 0 radical (unpaired) electrons. The van der Waals surface area contributed by atoms with Crippen LogP contribution in [-0.4, -0.2) is 21.6 Å². The predicted molar refractivity (Wildman–Crippen MR) is 96.2 cm³/mol. The number of H-pyrrole nitrogens is 1. The summed E-state index contributed by atoms with van der Waals surface area (Å²) in [7, 11) is 0. The fraction of sp³-hybridized carbons (Fsp3) is 0.211. The van der Waals surface area contributed by atoms with Gasteiger partial charge in [-0.05, 0) is 31.5 Å². The van der Waals surface area contributed by atoms with Crippen molar-refractivity contribution >= 4 is 17.3 Å². The number of aromatic amines is 1. The molecule has 0 fully saturated rings. The average Bonchev–Trinajstić information content (AvgIpc) is 3.16. The number of anilines is 1. The fourth-order valence-electron chi connectivity index (χ4n) is 3.09. The summed E-state index contributed by atoms with van der Waals surface area (Å²) in [6.45, 7) is 3.56. The number of hydrogen-bond donors (Lipinski definition) is 2. The smallest absolute Gasteiger partial charge is 0.291 e. The summed E-state index contributed by atoms with van der Waals surface area (Å²) in [5.74, 6) is -1.09. The lowest BCUT2D eigenvalue weighted by Gasteiger charge is -2.27. The summed E-state index contributed by atoms with van der Waals surface area (Å²) in [5.41, 5.74) is 3.11. The molecule has 26 heavy (non-hydrogen) atoms. The van der Waals surface area contributed by atoms with Gasteiger partial charge in [0.15, 0.2) is 5.82 Å². The normalized spacial score (nSPS) is 19.3. The van der Waals surface area contributed by atoms with Crippen molar-refractivity contribution in [1.29, 1.82) is 10.5 Å². The number of benzene rings is 1. The number of rotatable bonds is 3. The first-order valence-corrected chi connectivity index (χ1v) is 8.01. The Morgan fingerprint density at radius 2 is 2.12 bits per heavy atom. The summed E-state index contributed by atoms with van der Waals surface area (Å²) in [5, 5.41) is 21.9. The van der Waals surface area contributed by atoms with Crippen molar-refractivity contribution in [1.82, 2.24) is 9.97 Å². The molecular formula is C19H16N6O. The third-order valence-corrected chi connectivity index (χ3v) is 4.30. The number of hydrogen-bond acceptors (Lipinski definition) is 5. The Kier molecular flexibility index (Phi) is 4.64. The van der Waals surface area contributed by atoms with Gasteiger partial charge in [0.25, 0.3) is 5.91 Å². The molecule has 7 heteroatoms. The van der Waals surface area contributed by atoms with E-state index in [0.29, 0.717) is 22.7 Å². The van der Waals surface area contributed by atoms with Crippen LogP contribution >= 0.6 is 0 Å². The van der Waals surface area contributed by atoms with Gasteiger partial charge in [-0.2, -0.15) is 10.5 Å². The Morgan fingerprint density at radius 3 is 2.77 bits per heavy atom. The van der Waals surface area contributed by atoms with Gasteiger partial charge in [-0.1, -0.05) is 12.1 Å². The lowest BCUT2D eigenvalue weighted by atomic mass is 9.77. The van der Waals surface area contributed by atoms with E-state index in [4.69, 9.17) is 0 Å².